The predicted molar refractivity (Wildman–Crippen MR) is 91.7 cm³/mol. The molecule has 1 saturated carbocycles. The number of ether oxygens (including phenoxy) is 1. The lowest BCUT2D eigenvalue weighted by molar-refractivity contribution is -0.128. The quantitative estimate of drug-likeness (QED) is 0.909. The van der Waals surface area contributed by atoms with Crippen molar-refractivity contribution in [2.75, 3.05) is 13.2 Å². The van der Waals surface area contributed by atoms with Gasteiger partial charge in [-0.2, -0.15) is 0 Å². The molecule has 4 rings (SSSR count). The molecule has 0 radical (unpaired) electrons. The van der Waals surface area contributed by atoms with Crippen LogP contribution in [0.1, 0.15) is 30.6 Å². The Bertz CT molecular complexity index is 739. The second-order valence-electron chi connectivity index (χ2n) is 6.84. The number of morpholine rings is 1. The molecule has 24 heavy (non-hydrogen) atoms. The summed E-state index contributed by atoms with van der Waals surface area (Å²) in [5.41, 5.74) is 1.99. The summed E-state index contributed by atoms with van der Waals surface area (Å²) in [4.78, 5) is 12.6. The van der Waals surface area contributed by atoms with E-state index in [1.165, 1.54) is 0 Å². The van der Waals surface area contributed by atoms with E-state index in [4.69, 9.17) is 9.15 Å². The van der Waals surface area contributed by atoms with Crippen molar-refractivity contribution >= 4 is 16.9 Å². The van der Waals surface area contributed by atoms with Gasteiger partial charge in [-0.25, -0.2) is 0 Å². The van der Waals surface area contributed by atoms with Crippen LogP contribution in [0.5, 0.6) is 0 Å². The standard InChI is InChI=1S/C19H24N2O3/c1-12-14-4-2-3-5-16(14)24-18(12)11-21-19(22)13-6-7-17-15(10-13)20-8-9-23-17/h2-5,13,15,17,20H,6-11H2,1H3,(H,21,22)/t13-,15+,17+/m0/s1. The highest BCUT2D eigenvalue weighted by atomic mass is 16.5. The molecule has 1 aromatic heterocycles. The fourth-order valence-corrected chi connectivity index (χ4v) is 3.96. The van der Waals surface area contributed by atoms with E-state index >= 15 is 0 Å². The molecule has 2 heterocycles. The number of fused-ring (bicyclic) bond motifs is 2. The van der Waals surface area contributed by atoms with Gasteiger partial charge >= 0.3 is 0 Å². The van der Waals surface area contributed by atoms with Crippen LogP contribution >= 0.6 is 0 Å². The summed E-state index contributed by atoms with van der Waals surface area (Å²) in [5, 5.41) is 7.66. The van der Waals surface area contributed by atoms with Crippen molar-refractivity contribution in [3.05, 3.63) is 35.6 Å². The molecule has 0 spiro atoms. The third-order valence-electron chi connectivity index (χ3n) is 5.36. The zero-order valence-electron chi connectivity index (χ0n) is 14.0. The number of carbonyl (C=O) groups excluding carboxylic acids is 1. The molecule has 0 bridgehead atoms. The lowest BCUT2D eigenvalue weighted by atomic mass is 9.82. The minimum absolute atomic E-state index is 0.0603. The van der Waals surface area contributed by atoms with Crippen molar-refractivity contribution in [1.82, 2.24) is 10.6 Å². The number of para-hydroxylation sites is 1. The van der Waals surface area contributed by atoms with Gasteiger partial charge in [-0.1, -0.05) is 18.2 Å². The second kappa shape index (κ2) is 6.57. The van der Waals surface area contributed by atoms with Gasteiger partial charge in [0.1, 0.15) is 11.3 Å². The number of benzene rings is 1. The number of carbonyl (C=O) groups is 1. The Morgan fingerprint density at radius 3 is 3.08 bits per heavy atom. The zero-order valence-corrected chi connectivity index (χ0v) is 14.0. The second-order valence-corrected chi connectivity index (χ2v) is 6.84. The van der Waals surface area contributed by atoms with E-state index in [1.807, 2.05) is 25.1 Å². The van der Waals surface area contributed by atoms with Gasteiger partial charge in [-0.3, -0.25) is 4.79 Å². The van der Waals surface area contributed by atoms with Crippen molar-refractivity contribution in [2.24, 2.45) is 5.92 Å². The number of hydrogen-bond donors (Lipinski definition) is 2. The first-order valence-electron chi connectivity index (χ1n) is 8.82. The third kappa shape index (κ3) is 2.94. The average molecular weight is 328 g/mol. The van der Waals surface area contributed by atoms with Crippen LogP contribution in [-0.4, -0.2) is 31.2 Å². The lowest BCUT2D eigenvalue weighted by Crippen LogP contribution is -2.53. The van der Waals surface area contributed by atoms with Gasteiger partial charge in [0.2, 0.25) is 5.91 Å². The first kappa shape index (κ1) is 15.7. The third-order valence-corrected chi connectivity index (χ3v) is 5.36. The average Bonchev–Trinajstić information content (AvgIpc) is 2.95. The Hall–Kier alpha value is -1.85. The van der Waals surface area contributed by atoms with Crippen LogP contribution in [0.25, 0.3) is 11.0 Å². The number of nitrogens with one attached hydrogen (secondary N) is 2. The Morgan fingerprint density at radius 2 is 2.21 bits per heavy atom. The molecule has 5 nitrogen and oxygen atoms in total. The molecule has 1 amide bonds. The topological polar surface area (TPSA) is 63.5 Å². The molecule has 3 atom stereocenters. The van der Waals surface area contributed by atoms with Gasteiger partial charge in [-0.15, -0.1) is 0 Å². The van der Waals surface area contributed by atoms with Crippen LogP contribution < -0.4 is 10.6 Å². The van der Waals surface area contributed by atoms with Crippen LogP contribution in [-0.2, 0) is 16.1 Å². The highest BCUT2D eigenvalue weighted by Crippen LogP contribution is 2.29. The summed E-state index contributed by atoms with van der Waals surface area (Å²) in [7, 11) is 0. The maximum Gasteiger partial charge on any atom is 0.223 e. The van der Waals surface area contributed by atoms with Crippen molar-refractivity contribution in [2.45, 2.75) is 44.9 Å². The molecular weight excluding hydrogens is 304 g/mol. The highest BCUT2D eigenvalue weighted by Gasteiger charge is 2.35. The molecule has 0 unspecified atom stereocenters. The van der Waals surface area contributed by atoms with E-state index in [0.717, 1.165) is 54.7 Å². The first-order chi connectivity index (χ1) is 11.7. The lowest BCUT2D eigenvalue weighted by Gasteiger charge is -2.39. The fourth-order valence-electron chi connectivity index (χ4n) is 3.96. The summed E-state index contributed by atoms with van der Waals surface area (Å²) in [6.45, 7) is 4.16. The van der Waals surface area contributed by atoms with E-state index in [-0.39, 0.29) is 17.9 Å². The predicted octanol–water partition coefficient (Wildman–Crippen LogP) is 2.51. The largest absolute Gasteiger partial charge is 0.459 e. The highest BCUT2D eigenvalue weighted by molar-refractivity contribution is 5.82. The maximum absolute atomic E-state index is 12.6. The van der Waals surface area contributed by atoms with Gasteiger partial charge in [0.25, 0.3) is 0 Å². The Kier molecular flexibility index (Phi) is 4.29. The molecule has 2 fully saturated rings. The molecule has 2 N–H and O–H groups in total. The monoisotopic (exact) mass is 328 g/mol. The summed E-state index contributed by atoms with van der Waals surface area (Å²) < 4.78 is 11.7. The van der Waals surface area contributed by atoms with E-state index in [9.17, 15) is 4.79 Å². The minimum Gasteiger partial charge on any atom is -0.459 e. The van der Waals surface area contributed by atoms with Crippen LogP contribution in [0.2, 0.25) is 0 Å². The molecule has 2 aliphatic rings. The number of amides is 1. The van der Waals surface area contributed by atoms with E-state index in [1.54, 1.807) is 0 Å². The van der Waals surface area contributed by atoms with E-state index in [2.05, 4.69) is 16.7 Å². The number of hydrogen-bond acceptors (Lipinski definition) is 4. The van der Waals surface area contributed by atoms with Crippen LogP contribution in [0.4, 0.5) is 0 Å². The number of rotatable bonds is 3. The molecule has 128 valence electrons. The van der Waals surface area contributed by atoms with Crippen molar-refractivity contribution in [3.63, 3.8) is 0 Å². The summed E-state index contributed by atoms with van der Waals surface area (Å²) >= 11 is 0. The summed E-state index contributed by atoms with van der Waals surface area (Å²) in [6, 6.07) is 8.30. The molecule has 1 aliphatic heterocycles. The molecule has 1 saturated heterocycles. The van der Waals surface area contributed by atoms with Gasteiger partial charge in [0, 0.05) is 29.5 Å². The summed E-state index contributed by atoms with van der Waals surface area (Å²) in [5.74, 6) is 1.03. The Labute approximate surface area is 141 Å². The number of furan rings is 1. The van der Waals surface area contributed by atoms with Crippen LogP contribution in [0.3, 0.4) is 0 Å². The zero-order chi connectivity index (χ0) is 16.5. The van der Waals surface area contributed by atoms with E-state index < -0.39 is 0 Å². The maximum atomic E-state index is 12.6. The van der Waals surface area contributed by atoms with Crippen LogP contribution in [0, 0.1) is 12.8 Å². The van der Waals surface area contributed by atoms with Crippen molar-refractivity contribution in [3.8, 4) is 0 Å². The summed E-state index contributed by atoms with van der Waals surface area (Å²) in [6.07, 6.45) is 2.99. The molecule has 5 heteroatoms. The molecule has 1 aliphatic carbocycles. The smallest absolute Gasteiger partial charge is 0.223 e. The SMILES string of the molecule is Cc1c(CNC(=O)[C@H]2CC[C@H]3OCCN[C@@H]3C2)oc2ccccc12. The molecule has 1 aromatic carbocycles. The van der Waals surface area contributed by atoms with Gasteiger partial charge in [0.15, 0.2) is 0 Å². The van der Waals surface area contributed by atoms with Gasteiger partial charge < -0.3 is 19.8 Å². The molecular formula is C19H24N2O3. The Balaban J connectivity index is 1.38. The normalized spacial score (nSPS) is 27.0. The van der Waals surface area contributed by atoms with Gasteiger partial charge in [0.05, 0.1) is 19.3 Å². The fraction of sp³-hybridized carbons (Fsp3) is 0.526. The number of aryl methyl sites for hydroxylation is 1. The Morgan fingerprint density at radius 1 is 1.33 bits per heavy atom. The van der Waals surface area contributed by atoms with Gasteiger partial charge in [-0.05, 0) is 32.3 Å². The first-order valence-corrected chi connectivity index (χ1v) is 8.82. The van der Waals surface area contributed by atoms with Crippen molar-refractivity contribution in [1.29, 1.82) is 0 Å². The van der Waals surface area contributed by atoms with Crippen molar-refractivity contribution < 1.29 is 13.9 Å². The van der Waals surface area contributed by atoms with E-state index in [0.29, 0.717) is 12.6 Å². The minimum atomic E-state index is 0.0603. The molecule has 2 aromatic rings. The van der Waals surface area contributed by atoms with Crippen LogP contribution in [0.15, 0.2) is 28.7 Å².